The van der Waals surface area contributed by atoms with E-state index in [1.807, 2.05) is 0 Å². The summed E-state index contributed by atoms with van der Waals surface area (Å²) in [5.74, 6) is -1.74. The SMILES string of the molecule is CC1(C)NC(=O)N(CCC(=O)N2CCCC2C(=O)O)C1=O. The van der Waals surface area contributed by atoms with Crippen molar-refractivity contribution >= 4 is 23.8 Å². The second kappa shape index (κ2) is 5.34. The zero-order chi connectivity index (χ0) is 15.8. The van der Waals surface area contributed by atoms with Crippen molar-refractivity contribution in [1.29, 1.82) is 0 Å². The van der Waals surface area contributed by atoms with Crippen molar-refractivity contribution in [2.45, 2.75) is 44.7 Å². The first-order valence-corrected chi connectivity index (χ1v) is 6.90. The summed E-state index contributed by atoms with van der Waals surface area (Å²) in [4.78, 5) is 49.1. The summed E-state index contributed by atoms with van der Waals surface area (Å²) >= 11 is 0. The summed E-state index contributed by atoms with van der Waals surface area (Å²) in [6.07, 6.45) is 1.04. The molecule has 2 N–H and O–H groups in total. The number of aliphatic carboxylic acids is 1. The van der Waals surface area contributed by atoms with Crippen molar-refractivity contribution in [2.75, 3.05) is 13.1 Å². The molecule has 0 bridgehead atoms. The Morgan fingerprint density at radius 1 is 1.38 bits per heavy atom. The van der Waals surface area contributed by atoms with E-state index in [0.29, 0.717) is 19.4 Å². The summed E-state index contributed by atoms with van der Waals surface area (Å²) in [5.41, 5.74) is -0.961. The molecule has 8 nitrogen and oxygen atoms in total. The van der Waals surface area contributed by atoms with E-state index in [1.165, 1.54) is 4.90 Å². The molecular weight excluding hydrogens is 278 g/mol. The number of hydrogen-bond acceptors (Lipinski definition) is 4. The van der Waals surface area contributed by atoms with Gasteiger partial charge in [0.2, 0.25) is 5.91 Å². The van der Waals surface area contributed by atoms with Crippen molar-refractivity contribution in [2.24, 2.45) is 0 Å². The second-order valence-corrected chi connectivity index (χ2v) is 5.85. The van der Waals surface area contributed by atoms with Gasteiger partial charge in [-0.25, -0.2) is 9.59 Å². The number of carboxylic acid groups (broad SMARTS) is 1. The van der Waals surface area contributed by atoms with Gasteiger partial charge in [0.05, 0.1) is 0 Å². The fourth-order valence-corrected chi connectivity index (χ4v) is 2.69. The first-order chi connectivity index (χ1) is 9.74. The van der Waals surface area contributed by atoms with Crippen LogP contribution in [0.3, 0.4) is 0 Å². The second-order valence-electron chi connectivity index (χ2n) is 5.85. The van der Waals surface area contributed by atoms with Gasteiger partial charge < -0.3 is 15.3 Å². The highest BCUT2D eigenvalue weighted by molar-refractivity contribution is 6.06. The number of nitrogens with one attached hydrogen (secondary N) is 1. The number of urea groups is 1. The van der Waals surface area contributed by atoms with Gasteiger partial charge in [-0.3, -0.25) is 14.5 Å². The van der Waals surface area contributed by atoms with Crippen molar-refractivity contribution in [3.05, 3.63) is 0 Å². The lowest BCUT2D eigenvalue weighted by Gasteiger charge is -2.22. The fourth-order valence-electron chi connectivity index (χ4n) is 2.69. The van der Waals surface area contributed by atoms with E-state index in [2.05, 4.69) is 5.32 Å². The van der Waals surface area contributed by atoms with E-state index >= 15 is 0 Å². The average molecular weight is 297 g/mol. The van der Waals surface area contributed by atoms with Crippen LogP contribution in [0.15, 0.2) is 0 Å². The minimum Gasteiger partial charge on any atom is -0.480 e. The van der Waals surface area contributed by atoms with Crippen molar-refractivity contribution in [3.8, 4) is 0 Å². The first kappa shape index (κ1) is 15.3. The van der Waals surface area contributed by atoms with Crippen LogP contribution in [-0.2, 0) is 14.4 Å². The molecule has 2 rings (SSSR count). The van der Waals surface area contributed by atoms with Gasteiger partial charge in [0.1, 0.15) is 11.6 Å². The topological polar surface area (TPSA) is 107 Å². The van der Waals surface area contributed by atoms with Crippen LogP contribution in [0.25, 0.3) is 0 Å². The van der Waals surface area contributed by atoms with Crippen LogP contribution in [0.5, 0.6) is 0 Å². The molecule has 1 atom stereocenters. The average Bonchev–Trinajstić information content (AvgIpc) is 2.93. The third-order valence-electron chi connectivity index (χ3n) is 3.85. The molecule has 0 spiro atoms. The van der Waals surface area contributed by atoms with Crippen LogP contribution in [0, 0.1) is 0 Å². The third kappa shape index (κ3) is 2.84. The molecule has 1 unspecified atom stereocenters. The number of carbonyl (C=O) groups is 4. The van der Waals surface area contributed by atoms with E-state index in [4.69, 9.17) is 5.11 Å². The van der Waals surface area contributed by atoms with Gasteiger partial charge in [-0.2, -0.15) is 0 Å². The summed E-state index contributed by atoms with van der Waals surface area (Å²) in [5, 5.41) is 11.6. The normalized spacial score (nSPS) is 24.4. The zero-order valence-electron chi connectivity index (χ0n) is 12.1. The Labute approximate surface area is 122 Å². The quantitative estimate of drug-likeness (QED) is 0.698. The van der Waals surface area contributed by atoms with Gasteiger partial charge in [-0.15, -0.1) is 0 Å². The Morgan fingerprint density at radius 3 is 2.57 bits per heavy atom. The molecule has 0 saturated carbocycles. The molecule has 0 aromatic heterocycles. The number of likely N-dealkylation sites (tertiary alicyclic amines) is 1. The Kier molecular flexibility index (Phi) is 3.89. The van der Waals surface area contributed by atoms with E-state index in [0.717, 1.165) is 4.90 Å². The molecular formula is C13H19N3O5. The largest absolute Gasteiger partial charge is 0.480 e. The predicted molar refractivity (Wildman–Crippen MR) is 71.3 cm³/mol. The molecule has 21 heavy (non-hydrogen) atoms. The molecule has 2 fully saturated rings. The molecule has 8 heteroatoms. The van der Waals surface area contributed by atoms with Gasteiger partial charge in [-0.1, -0.05) is 0 Å². The molecule has 2 aliphatic rings. The maximum absolute atomic E-state index is 12.1. The van der Waals surface area contributed by atoms with Gasteiger partial charge in [0.15, 0.2) is 0 Å². The van der Waals surface area contributed by atoms with Crippen LogP contribution < -0.4 is 5.32 Å². The molecule has 0 aromatic carbocycles. The highest BCUT2D eigenvalue weighted by Crippen LogP contribution is 2.20. The van der Waals surface area contributed by atoms with Crippen molar-refractivity contribution < 1.29 is 24.3 Å². The lowest BCUT2D eigenvalue weighted by Crippen LogP contribution is -2.43. The van der Waals surface area contributed by atoms with E-state index < -0.39 is 23.6 Å². The number of hydrogen-bond donors (Lipinski definition) is 2. The Hall–Kier alpha value is -2.12. The van der Waals surface area contributed by atoms with Crippen molar-refractivity contribution in [3.63, 3.8) is 0 Å². The minimum atomic E-state index is -1.02. The number of carboxylic acids is 1. The number of amides is 4. The lowest BCUT2D eigenvalue weighted by atomic mass is 10.1. The van der Waals surface area contributed by atoms with Crippen molar-refractivity contribution in [1.82, 2.24) is 15.1 Å². The summed E-state index contributed by atoms with van der Waals surface area (Å²) in [6, 6.07) is -1.31. The van der Waals surface area contributed by atoms with Gasteiger partial charge >= 0.3 is 12.0 Å². The molecule has 2 aliphatic heterocycles. The fraction of sp³-hybridized carbons (Fsp3) is 0.692. The Balaban J connectivity index is 1.94. The minimum absolute atomic E-state index is 0.0320. The summed E-state index contributed by atoms with van der Waals surface area (Å²) < 4.78 is 0. The van der Waals surface area contributed by atoms with E-state index in [1.54, 1.807) is 13.8 Å². The lowest BCUT2D eigenvalue weighted by molar-refractivity contribution is -0.148. The molecule has 2 heterocycles. The van der Waals surface area contributed by atoms with E-state index in [-0.39, 0.29) is 24.8 Å². The molecule has 4 amide bonds. The highest BCUT2D eigenvalue weighted by Gasteiger charge is 2.44. The molecule has 2 saturated heterocycles. The van der Waals surface area contributed by atoms with Crippen LogP contribution in [0.1, 0.15) is 33.1 Å². The number of imide groups is 1. The van der Waals surface area contributed by atoms with E-state index in [9.17, 15) is 19.2 Å². The van der Waals surface area contributed by atoms with Crippen LogP contribution in [-0.4, -0.2) is 63.4 Å². The molecule has 0 radical (unpaired) electrons. The number of nitrogens with zero attached hydrogens (tertiary/aromatic N) is 2. The summed E-state index contributed by atoms with van der Waals surface area (Å²) in [6.45, 7) is 3.56. The Bertz CT molecular complexity index is 502. The number of carbonyl (C=O) groups excluding carboxylic acids is 3. The zero-order valence-corrected chi connectivity index (χ0v) is 12.1. The maximum Gasteiger partial charge on any atom is 0.326 e. The number of rotatable bonds is 4. The molecule has 0 aromatic rings. The molecule has 116 valence electrons. The van der Waals surface area contributed by atoms with Gasteiger partial charge in [0, 0.05) is 19.5 Å². The monoisotopic (exact) mass is 297 g/mol. The van der Waals surface area contributed by atoms with Crippen LogP contribution in [0.2, 0.25) is 0 Å². The first-order valence-electron chi connectivity index (χ1n) is 6.90. The van der Waals surface area contributed by atoms with Gasteiger partial charge in [0.25, 0.3) is 5.91 Å². The predicted octanol–water partition coefficient (Wildman–Crippen LogP) is -0.217. The standard InChI is InChI=1S/C13H19N3O5/c1-13(2)11(20)16(12(21)14-13)7-5-9(17)15-6-3-4-8(15)10(18)19/h8H,3-7H2,1-2H3,(H,14,21)(H,18,19). The van der Waals surface area contributed by atoms with Crippen LogP contribution in [0.4, 0.5) is 4.79 Å². The van der Waals surface area contributed by atoms with Crippen LogP contribution >= 0.6 is 0 Å². The summed E-state index contributed by atoms with van der Waals surface area (Å²) in [7, 11) is 0. The van der Waals surface area contributed by atoms with Gasteiger partial charge in [-0.05, 0) is 26.7 Å². The smallest absolute Gasteiger partial charge is 0.326 e. The molecule has 0 aliphatic carbocycles. The maximum atomic E-state index is 12.1. The highest BCUT2D eigenvalue weighted by atomic mass is 16.4. The Morgan fingerprint density at radius 2 is 2.05 bits per heavy atom. The third-order valence-corrected chi connectivity index (χ3v) is 3.85.